The summed E-state index contributed by atoms with van der Waals surface area (Å²) in [5.41, 5.74) is 0. The molecular formula is C15H28N2O2. The van der Waals surface area contributed by atoms with Crippen LogP contribution in [0.5, 0.6) is 0 Å². The smallest absolute Gasteiger partial charge is 0.228 e. The molecule has 0 aliphatic carbocycles. The average molecular weight is 268 g/mol. The second kappa shape index (κ2) is 7.25. The second-order valence-electron chi connectivity index (χ2n) is 6.01. The number of amides is 1. The van der Waals surface area contributed by atoms with E-state index in [1.165, 1.54) is 12.8 Å². The van der Waals surface area contributed by atoms with Crippen LogP contribution in [0, 0.1) is 5.92 Å². The van der Waals surface area contributed by atoms with E-state index in [4.69, 9.17) is 4.74 Å². The first-order valence-corrected chi connectivity index (χ1v) is 7.84. The molecule has 0 aromatic carbocycles. The minimum Gasteiger partial charge on any atom is -0.378 e. The second-order valence-corrected chi connectivity index (χ2v) is 6.01. The van der Waals surface area contributed by atoms with Gasteiger partial charge in [-0.1, -0.05) is 13.3 Å². The third-order valence-electron chi connectivity index (χ3n) is 4.24. The van der Waals surface area contributed by atoms with Gasteiger partial charge < -0.3 is 15.0 Å². The summed E-state index contributed by atoms with van der Waals surface area (Å²) in [6.45, 7) is 7.73. The molecule has 2 aliphatic rings. The van der Waals surface area contributed by atoms with Crippen molar-refractivity contribution in [3.05, 3.63) is 0 Å². The Morgan fingerprint density at radius 2 is 2.32 bits per heavy atom. The first-order valence-electron chi connectivity index (χ1n) is 7.84. The zero-order chi connectivity index (χ0) is 13.7. The number of ether oxygens (including phenoxy) is 1. The van der Waals surface area contributed by atoms with Gasteiger partial charge in [-0.05, 0) is 39.2 Å². The van der Waals surface area contributed by atoms with Gasteiger partial charge in [-0.3, -0.25) is 4.79 Å². The van der Waals surface area contributed by atoms with Crippen molar-refractivity contribution < 1.29 is 9.53 Å². The minimum atomic E-state index is 0.0910. The highest BCUT2D eigenvalue weighted by Gasteiger charge is 2.32. The van der Waals surface area contributed by atoms with Gasteiger partial charge in [0.1, 0.15) is 0 Å². The fourth-order valence-electron chi connectivity index (χ4n) is 3.07. The topological polar surface area (TPSA) is 41.6 Å². The van der Waals surface area contributed by atoms with Gasteiger partial charge in [0.2, 0.25) is 5.91 Å². The van der Waals surface area contributed by atoms with Crippen molar-refractivity contribution in [2.45, 2.75) is 58.1 Å². The molecule has 0 spiro atoms. The molecular weight excluding hydrogens is 240 g/mol. The van der Waals surface area contributed by atoms with Crippen LogP contribution in [0.1, 0.15) is 46.0 Å². The number of rotatable bonds is 6. The lowest BCUT2D eigenvalue weighted by Gasteiger charge is -2.28. The monoisotopic (exact) mass is 268 g/mol. The standard InChI is InChI=1S/C15H28N2O2/c1-3-4-8-17(10-14-6-5-7-16-14)15(18)13-9-12(2)19-11-13/h12-14,16H,3-11H2,1-2H3. The van der Waals surface area contributed by atoms with E-state index in [1.54, 1.807) is 0 Å². The van der Waals surface area contributed by atoms with E-state index in [0.717, 1.165) is 38.9 Å². The Morgan fingerprint density at radius 1 is 1.47 bits per heavy atom. The third-order valence-corrected chi connectivity index (χ3v) is 4.24. The fraction of sp³-hybridized carbons (Fsp3) is 0.933. The molecule has 0 aromatic heterocycles. The fourth-order valence-corrected chi connectivity index (χ4v) is 3.07. The molecule has 0 saturated carbocycles. The molecule has 3 unspecified atom stereocenters. The van der Waals surface area contributed by atoms with Crippen molar-refractivity contribution in [3.63, 3.8) is 0 Å². The third kappa shape index (κ3) is 4.18. The summed E-state index contributed by atoms with van der Waals surface area (Å²) in [7, 11) is 0. The van der Waals surface area contributed by atoms with Crippen LogP contribution in [-0.2, 0) is 9.53 Å². The Kier molecular flexibility index (Phi) is 5.64. The largest absolute Gasteiger partial charge is 0.378 e. The molecule has 110 valence electrons. The SMILES string of the molecule is CCCCN(CC1CCCN1)C(=O)C1COC(C)C1. The number of nitrogens with zero attached hydrogens (tertiary/aromatic N) is 1. The maximum absolute atomic E-state index is 12.6. The lowest BCUT2D eigenvalue weighted by Crippen LogP contribution is -2.44. The van der Waals surface area contributed by atoms with E-state index >= 15 is 0 Å². The van der Waals surface area contributed by atoms with Crippen LogP contribution in [0.3, 0.4) is 0 Å². The van der Waals surface area contributed by atoms with Crippen molar-refractivity contribution in [2.24, 2.45) is 5.92 Å². The molecule has 2 rings (SSSR count). The molecule has 19 heavy (non-hydrogen) atoms. The van der Waals surface area contributed by atoms with Crippen LogP contribution in [0.4, 0.5) is 0 Å². The lowest BCUT2D eigenvalue weighted by atomic mass is 10.0. The number of carbonyl (C=O) groups is 1. The average Bonchev–Trinajstić information content (AvgIpc) is 3.05. The van der Waals surface area contributed by atoms with Crippen LogP contribution >= 0.6 is 0 Å². The minimum absolute atomic E-state index is 0.0910. The van der Waals surface area contributed by atoms with Crippen molar-refractivity contribution in [1.29, 1.82) is 0 Å². The molecule has 2 fully saturated rings. The van der Waals surface area contributed by atoms with Gasteiger partial charge in [0.15, 0.2) is 0 Å². The van der Waals surface area contributed by atoms with Gasteiger partial charge in [0, 0.05) is 19.1 Å². The Morgan fingerprint density at radius 3 is 2.89 bits per heavy atom. The molecule has 1 N–H and O–H groups in total. The molecule has 3 atom stereocenters. The summed E-state index contributed by atoms with van der Waals surface area (Å²) < 4.78 is 5.55. The summed E-state index contributed by atoms with van der Waals surface area (Å²) >= 11 is 0. The molecule has 4 nitrogen and oxygen atoms in total. The van der Waals surface area contributed by atoms with Gasteiger partial charge in [-0.2, -0.15) is 0 Å². The van der Waals surface area contributed by atoms with Crippen LogP contribution in [0.25, 0.3) is 0 Å². The highest BCUT2D eigenvalue weighted by molar-refractivity contribution is 5.79. The van der Waals surface area contributed by atoms with Gasteiger partial charge in [0.05, 0.1) is 18.6 Å². The van der Waals surface area contributed by atoms with Gasteiger partial charge in [-0.15, -0.1) is 0 Å². The van der Waals surface area contributed by atoms with Crippen LogP contribution < -0.4 is 5.32 Å². The summed E-state index contributed by atoms with van der Waals surface area (Å²) in [4.78, 5) is 14.7. The number of nitrogens with one attached hydrogen (secondary N) is 1. The maximum atomic E-state index is 12.6. The molecule has 2 heterocycles. The zero-order valence-electron chi connectivity index (χ0n) is 12.4. The van der Waals surface area contributed by atoms with E-state index in [9.17, 15) is 4.79 Å². The van der Waals surface area contributed by atoms with Crippen LogP contribution in [0.2, 0.25) is 0 Å². The first kappa shape index (κ1) is 14.8. The van der Waals surface area contributed by atoms with Crippen LogP contribution in [-0.4, -0.2) is 49.2 Å². The molecule has 0 aromatic rings. The van der Waals surface area contributed by atoms with Gasteiger partial charge in [0.25, 0.3) is 0 Å². The number of hydrogen-bond acceptors (Lipinski definition) is 3. The highest BCUT2D eigenvalue weighted by atomic mass is 16.5. The van der Waals surface area contributed by atoms with Gasteiger partial charge in [-0.25, -0.2) is 0 Å². The number of hydrogen-bond donors (Lipinski definition) is 1. The van der Waals surface area contributed by atoms with E-state index in [1.807, 2.05) is 0 Å². The molecule has 2 aliphatic heterocycles. The summed E-state index contributed by atoms with van der Waals surface area (Å²) in [6.07, 6.45) is 5.81. The first-order chi connectivity index (χ1) is 9.20. The van der Waals surface area contributed by atoms with Crippen LogP contribution in [0.15, 0.2) is 0 Å². The van der Waals surface area contributed by atoms with E-state index in [-0.39, 0.29) is 12.0 Å². The quantitative estimate of drug-likeness (QED) is 0.798. The summed E-state index contributed by atoms with van der Waals surface area (Å²) in [5.74, 6) is 0.403. The van der Waals surface area contributed by atoms with Crippen molar-refractivity contribution >= 4 is 5.91 Å². The Balaban J connectivity index is 1.89. The van der Waals surface area contributed by atoms with Gasteiger partial charge >= 0.3 is 0 Å². The van der Waals surface area contributed by atoms with Crippen molar-refractivity contribution in [2.75, 3.05) is 26.2 Å². The predicted octanol–water partition coefficient (Wildman–Crippen LogP) is 1.79. The zero-order valence-corrected chi connectivity index (χ0v) is 12.4. The highest BCUT2D eigenvalue weighted by Crippen LogP contribution is 2.22. The molecule has 0 radical (unpaired) electrons. The summed E-state index contributed by atoms with van der Waals surface area (Å²) in [6, 6.07) is 0.501. The number of carbonyl (C=O) groups excluding carboxylic acids is 1. The van der Waals surface area contributed by atoms with E-state index < -0.39 is 0 Å². The normalized spacial score (nSPS) is 30.7. The van der Waals surface area contributed by atoms with E-state index in [2.05, 4.69) is 24.1 Å². The Hall–Kier alpha value is -0.610. The Labute approximate surface area is 116 Å². The predicted molar refractivity (Wildman–Crippen MR) is 76.0 cm³/mol. The molecule has 4 heteroatoms. The molecule has 0 bridgehead atoms. The lowest BCUT2D eigenvalue weighted by molar-refractivity contribution is -0.135. The summed E-state index contributed by atoms with van der Waals surface area (Å²) in [5, 5.41) is 3.49. The van der Waals surface area contributed by atoms with Crippen molar-refractivity contribution in [3.8, 4) is 0 Å². The van der Waals surface area contributed by atoms with E-state index in [0.29, 0.717) is 18.6 Å². The molecule has 1 amide bonds. The van der Waals surface area contributed by atoms with Crippen molar-refractivity contribution in [1.82, 2.24) is 10.2 Å². The number of unbranched alkanes of at least 4 members (excludes halogenated alkanes) is 1. The molecule has 2 saturated heterocycles. The maximum Gasteiger partial charge on any atom is 0.228 e. The Bertz CT molecular complexity index is 290.